The van der Waals surface area contributed by atoms with Crippen LogP contribution in [0.5, 0.6) is 0 Å². The van der Waals surface area contributed by atoms with Crippen LogP contribution in [0.2, 0.25) is 5.02 Å². The Morgan fingerprint density at radius 1 is 1.33 bits per heavy atom. The molecule has 0 bridgehead atoms. The zero-order chi connectivity index (χ0) is 16.9. The molecule has 6 nitrogen and oxygen atoms in total. The van der Waals surface area contributed by atoms with E-state index in [1.807, 2.05) is 25.4 Å². The van der Waals surface area contributed by atoms with E-state index in [1.165, 1.54) is 12.8 Å². The average molecular weight is 348 g/mol. The molecule has 2 heterocycles. The summed E-state index contributed by atoms with van der Waals surface area (Å²) in [7, 11) is 1.87. The van der Waals surface area contributed by atoms with Crippen LogP contribution in [-0.2, 0) is 13.5 Å². The van der Waals surface area contributed by atoms with E-state index in [1.54, 1.807) is 16.9 Å². The number of aryl methyl sites for hydroxylation is 1. The van der Waals surface area contributed by atoms with E-state index >= 15 is 0 Å². The Kier molecular flexibility index (Phi) is 5.25. The Morgan fingerprint density at radius 3 is 2.79 bits per heavy atom. The SMILES string of the molecule is Cn1cc(CCNC(=O)Nc2ccc(N3CCCC3)c(Cl)c2)cn1. The van der Waals surface area contributed by atoms with Crippen molar-refractivity contribution in [2.24, 2.45) is 7.05 Å². The minimum absolute atomic E-state index is 0.233. The summed E-state index contributed by atoms with van der Waals surface area (Å²) in [4.78, 5) is 14.2. The van der Waals surface area contributed by atoms with Crippen molar-refractivity contribution in [3.63, 3.8) is 0 Å². The van der Waals surface area contributed by atoms with E-state index in [9.17, 15) is 4.79 Å². The molecule has 0 radical (unpaired) electrons. The van der Waals surface area contributed by atoms with Gasteiger partial charge in [0.1, 0.15) is 0 Å². The molecule has 128 valence electrons. The van der Waals surface area contributed by atoms with Crippen molar-refractivity contribution in [1.82, 2.24) is 15.1 Å². The van der Waals surface area contributed by atoms with Gasteiger partial charge in [-0.15, -0.1) is 0 Å². The van der Waals surface area contributed by atoms with Crippen LogP contribution in [-0.4, -0.2) is 35.4 Å². The molecule has 1 aliphatic heterocycles. The molecule has 0 spiro atoms. The second-order valence-electron chi connectivity index (χ2n) is 6.01. The van der Waals surface area contributed by atoms with E-state index in [-0.39, 0.29) is 6.03 Å². The molecule has 0 aliphatic carbocycles. The highest BCUT2D eigenvalue weighted by atomic mass is 35.5. The predicted molar refractivity (Wildman–Crippen MR) is 96.8 cm³/mol. The highest BCUT2D eigenvalue weighted by Crippen LogP contribution is 2.31. The average Bonchev–Trinajstić information content (AvgIpc) is 3.19. The van der Waals surface area contributed by atoms with Crippen LogP contribution in [0, 0.1) is 0 Å². The quantitative estimate of drug-likeness (QED) is 0.873. The second-order valence-corrected chi connectivity index (χ2v) is 6.42. The van der Waals surface area contributed by atoms with Gasteiger partial charge in [-0.25, -0.2) is 4.79 Å². The molecule has 1 aromatic heterocycles. The molecule has 0 unspecified atom stereocenters. The third-order valence-electron chi connectivity index (χ3n) is 4.11. The van der Waals surface area contributed by atoms with Crippen molar-refractivity contribution in [2.75, 3.05) is 29.9 Å². The van der Waals surface area contributed by atoms with E-state index in [0.717, 1.165) is 30.8 Å². The Balaban J connectivity index is 1.49. The first-order valence-corrected chi connectivity index (χ1v) is 8.56. The lowest BCUT2D eigenvalue weighted by molar-refractivity contribution is 0.252. The van der Waals surface area contributed by atoms with Gasteiger partial charge in [0.05, 0.1) is 16.9 Å². The molecule has 2 N–H and O–H groups in total. The maximum absolute atomic E-state index is 12.0. The third-order valence-corrected chi connectivity index (χ3v) is 4.41. The van der Waals surface area contributed by atoms with Crippen molar-refractivity contribution < 1.29 is 4.79 Å². The monoisotopic (exact) mass is 347 g/mol. The number of rotatable bonds is 5. The predicted octanol–water partition coefficient (Wildman–Crippen LogP) is 3.04. The highest BCUT2D eigenvalue weighted by Gasteiger charge is 2.15. The summed E-state index contributed by atoms with van der Waals surface area (Å²) in [6, 6.07) is 5.43. The number of aromatic nitrogens is 2. The van der Waals surface area contributed by atoms with Crippen LogP contribution < -0.4 is 15.5 Å². The first-order valence-electron chi connectivity index (χ1n) is 8.19. The minimum Gasteiger partial charge on any atom is -0.370 e. The lowest BCUT2D eigenvalue weighted by atomic mass is 10.2. The number of hydrogen-bond donors (Lipinski definition) is 2. The van der Waals surface area contributed by atoms with Crippen LogP contribution >= 0.6 is 11.6 Å². The first kappa shape index (κ1) is 16.6. The Labute approximate surface area is 146 Å². The summed E-state index contributed by atoms with van der Waals surface area (Å²) in [5.41, 5.74) is 2.83. The van der Waals surface area contributed by atoms with Gasteiger partial charge in [-0.2, -0.15) is 5.10 Å². The highest BCUT2D eigenvalue weighted by molar-refractivity contribution is 6.33. The zero-order valence-electron chi connectivity index (χ0n) is 13.8. The van der Waals surface area contributed by atoms with Gasteiger partial charge in [0, 0.05) is 38.6 Å². The maximum atomic E-state index is 12.0. The Bertz CT molecular complexity index is 709. The molecule has 0 atom stereocenters. The zero-order valence-corrected chi connectivity index (χ0v) is 14.5. The molecular weight excluding hydrogens is 326 g/mol. The van der Waals surface area contributed by atoms with E-state index in [2.05, 4.69) is 20.6 Å². The molecule has 1 fully saturated rings. The fourth-order valence-electron chi connectivity index (χ4n) is 2.90. The maximum Gasteiger partial charge on any atom is 0.319 e. The summed E-state index contributed by atoms with van der Waals surface area (Å²) < 4.78 is 1.75. The van der Waals surface area contributed by atoms with Crippen molar-refractivity contribution in [1.29, 1.82) is 0 Å². The van der Waals surface area contributed by atoms with Gasteiger partial charge in [-0.05, 0) is 43.0 Å². The summed E-state index contributed by atoms with van der Waals surface area (Å²) in [5, 5.41) is 10.4. The van der Waals surface area contributed by atoms with Crippen LogP contribution in [0.1, 0.15) is 18.4 Å². The third kappa shape index (κ3) is 4.20. The molecule has 2 aromatic rings. The summed E-state index contributed by atoms with van der Waals surface area (Å²) in [6.07, 6.45) is 6.90. The topological polar surface area (TPSA) is 62.2 Å². The van der Waals surface area contributed by atoms with Gasteiger partial charge in [0.15, 0.2) is 0 Å². The molecule has 24 heavy (non-hydrogen) atoms. The Hall–Kier alpha value is -2.21. The summed E-state index contributed by atoms with van der Waals surface area (Å²) in [5.74, 6) is 0. The van der Waals surface area contributed by atoms with Crippen molar-refractivity contribution in [2.45, 2.75) is 19.3 Å². The molecular formula is C17H22ClN5O. The number of carbonyl (C=O) groups excluding carboxylic acids is 1. The lowest BCUT2D eigenvalue weighted by Crippen LogP contribution is -2.30. The van der Waals surface area contributed by atoms with E-state index < -0.39 is 0 Å². The number of halogens is 1. The number of hydrogen-bond acceptors (Lipinski definition) is 3. The summed E-state index contributed by atoms with van der Waals surface area (Å²) >= 11 is 6.36. The van der Waals surface area contributed by atoms with Crippen molar-refractivity contribution in [3.05, 3.63) is 41.2 Å². The molecule has 0 saturated carbocycles. The van der Waals surface area contributed by atoms with Crippen LogP contribution in [0.15, 0.2) is 30.6 Å². The van der Waals surface area contributed by atoms with Crippen molar-refractivity contribution in [3.8, 4) is 0 Å². The number of amides is 2. The fraction of sp³-hybridized carbons (Fsp3) is 0.412. The number of nitrogens with one attached hydrogen (secondary N) is 2. The minimum atomic E-state index is -0.233. The number of carbonyl (C=O) groups is 1. The molecule has 3 rings (SSSR count). The normalized spacial score (nSPS) is 14.0. The van der Waals surface area contributed by atoms with Gasteiger partial charge in [0.25, 0.3) is 0 Å². The van der Waals surface area contributed by atoms with Crippen LogP contribution in [0.4, 0.5) is 16.2 Å². The second kappa shape index (κ2) is 7.57. The summed E-state index contributed by atoms with van der Waals surface area (Å²) in [6.45, 7) is 2.64. The van der Waals surface area contributed by atoms with E-state index in [0.29, 0.717) is 17.3 Å². The number of benzene rings is 1. The van der Waals surface area contributed by atoms with Gasteiger partial charge < -0.3 is 15.5 Å². The molecule has 1 aliphatic rings. The number of nitrogens with zero attached hydrogens (tertiary/aromatic N) is 3. The molecule has 2 amide bonds. The largest absolute Gasteiger partial charge is 0.370 e. The van der Waals surface area contributed by atoms with Crippen LogP contribution in [0.25, 0.3) is 0 Å². The van der Waals surface area contributed by atoms with Gasteiger partial charge >= 0.3 is 6.03 Å². The van der Waals surface area contributed by atoms with Gasteiger partial charge in [-0.3, -0.25) is 4.68 Å². The van der Waals surface area contributed by atoms with Gasteiger partial charge in [-0.1, -0.05) is 11.6 Å². The van der Waals surface area contributed by atoms with Gasteiger partial charge in [0.2, 0.25) is 0 Å². The standard InChI is InChI=1S/C17H22ClN5O/c1-22-12-13(11-20-22)6-7-19-17(24)21-14-4-5-16(15(18)10-14)23-8-2-3-9-23/h4-5,10-12H,2-3,6-9H2,1H3,(H2,19,21,24). The first-order chi connectivity index (χ1) is 11.6. The lowest BCUT2D eigenvalue weighted by Gasteiger charge is -2.19. The number of urea groups is 1. The van der Waals surface area contributed by atoms with E-state index in [4.69, 9.17) is 11.6 Å². The van der Waals surface area contributed by atoms with Crippen molar-refractivity contribution >= 4 is 29.0 Å². The molecule has 1 aromatic carbocycles. The Morgan fingerprint density at radius 2 is 2.12 bits per heavy atom. The molecule has 7 heteroatoms. The fourth-order valence-corrected chi connectivity index (χ4v) is 3.20. The van der Waals surface area contributed by atoms with Crippen LogP contribution in [0.3, 0.4) is 0 Å². The number of anilines is 2. The smallest absolute Gasteiger partial charge is 0.319 e. The molecule has 1 saturated heterocycles.